The highest BCUT2D eigenvalue weighted by molar-refractivity contribution is 6.16. The average Bonchev–Trinajstić information content (AvgIpc) is 2.79. The van der Waals surface area contributed by atoms with Crippen molar-refractivity contribution in [2.75, 3.05) is 20.1 Å². The number of nitrogens with zero attached hydrogens (tertiary/aromatic N) is 4. The Kier molecular flexibility index (Phi) is 3.71. The van der Waals surface area contributed by atoms with Crippen molar-refractivity contribution in [1.29, 1.82) is 0 Å². The molecule has 0 aliphatic carbocycles. The summed E-state index contributed by atoms with van der Waals surface area (Å²) >= 11 is 6.03. The van der Waals surface area contributed by atoms with E-state index in [1.807, 2.05) is 18.5 Å². The lowest BCUT2D eigenvalue weighted by Gasteiger charge is -2.29. The molecule has 4 nitrogen and oxygen atoms in total. The van der Waals surface area contributed by atoms with Crippen molar-refractivity contribution in [3.63, 3.8) is 0 Å². The summed E-state index contributed by atoms with van der Waals surface area (Å²) in [4.78, 5) is 11.1. The molecule has 0 unspecified atom stereocenters. The molecule has 102 valence electrons. The lowest BCUT2D eigenvalue weighted by atomic mass is 9.97. The number of piperidine rings is 1. The minimum Gasteiger partial charge on any atom is -0.327 e. The second-order valence-corrected chi connectivity index (χ2v) is 5.65. The van der Waals surface area contributed by atoms with Gasteiger partial charge in [0.15, 0.2) is 0 Å². The molecular weight excluding hydrogens is 260 g/mol. The number of alkyl halides is 1. The number of hydrogen-bond donors (Lipinski definition) is 0. The first-order chi connectivity index (χ1) is 9.28. The summed E-state index contributed by atoms with van der Waals surface area (Å²) in [6.07, 6.45) is 6.15. The topological polar surface area (TPSA) is 34.0 Å². The molecule has 0 radical (unpaired) electrons. The summed E-state index contributed by atoms with van der Waals surface area (Å²) in [5.74, 6) is 2.15. The van der Waals surface area contributed by atoms with Crippen LogP contribution >= 0.6 is 11.6 Å². The molecule has 1 aliphatic heterocycles. The number of halogens is 1. The number of fused-ring (bicyclic) bond motifs is 1. The number of aromatic nitrogens is 3. The molecule has 0 atom stereocenters. The van der Waals surface area contributed by atoms with E-state index in [2.05, 4.69) is 26.5 Å². The van der Waals surface area contributed by atoms with Gasteiger partial charge in [-0.1, -0.05) is 0 Å². The van der Waals surface area contributed by atoms with Crippen LogP contribution in [0.1, 0.15) is 18.7 Å². The molecule has 0 spiro atoms. The highest BCUT2D eigenvalue weighted by atomic mass is 35.5. The molecule has 0 aromatic carbocycles. The predicted molar refractivity (Wildman–Crippen MR) is 77.3 cm³/mol. The van der Waals surface area contributed by atoms with Crippen LogP contribution in [0.3, 0.4) is 0 Å². The molecule has 19 heavy (non-hydrogen) atoms. The van der Waals surface area contributed by atoms with Crippen LogP contribution in [0.15, 0.2) is 18.5 Å². The quantitative estimate of drug-likeness (QED) is 0.809. The molecule has 0 bridgehead atoms. The van der Waals surface area contributed by atoms with Crippen molar-refractivity contribution >= 4 is 22.6 Å². The zero-order chi connectivity index (χ0) is 13.2. The average molecular weight is 279 g/mol. The number of imidazole rings is 1. The monoisotopic (exact) mass is 278 g/mol. The molecule has 3 heterocycles. The van der Waals surface area contributed by atoms with E-state index in [9.17, 15) is 0 Å². The van der Waals surface area contributed by atoms with Crippen LogP contribution in [0.25, 0.3) is 11.0 Å². The van der Waals surface area contributed by atoms with Crippen molar-refractivity contribution in [2.45, 2.75) is 25.3 Å². The second kappa shape index (κ2) is 5.47. The van der Waals surface area contributed by atoms with E-state index in [1.54, 1.807) is 0 Å². The van der Waals surface area contributed by atoms with Crippen LogP contribution in [0, 0.1) is 5.92 Å². The molecule has 1 saturated heterocycles. The van der Waals surface area contributed by atoms with Crippen LogP contribution in [0.5, 0.6) is 0 Å². The molecule has 2 aromatic rings. The molecule has 5 heteroatoms. The Morgan fingerprint density at radius 2 is 2.16 bits per heavy atom. The summed E-state index contributed by atoms with van der Waals surface area (Å²) in [5.41, 5.74) is 2.11. The van der Waals surface area contributed by atoms with Crippen LogP contribution in [0.4, 0.5) is 0 Å². The zero-order valence-corrected chi connectivity index (χ0v) is 12.0. The lowest BCUT2D eigenvalue weighted by Crippen LogP contribution is -2.32. The summed E-state index contributed by atoms with van der Waals surface area (Å²) < 4.78 is 2.28. The van der Waals surface area contributed by atoms with Crippen molar-refractivity contribution in [2.24, 2.45) is 5.92 Å². The Hall–Kier alpha value is -1.13. The highest BCUT2D eigenvalue weighted by Crippen LogP contribution is 2.23. The van der Waals surface area contributed by atoms with Crippen molar-refractivity contribution in [1.82, 2.24) is 19.4 Å². The molecular formula is C14H19ClN4. The van der Waals surface area contributed by atoms with E-state index in [4.69, 9.17) is 11.6 Å². The van der Waals surface area contributed by atoms with Gasteiger partial charge in [-0.05, 0) is 45.0 Å². The van der Waals surface area contributed by atoms with Crippen molar-refractivity contribution in [3.8, 4) is 0 Å². The van der Waals surface area contributed by atoms with Gasteiger partial charge >= 0.3 is 0 Å². The first kappa shape index (κ1) is 12.9. The van der Waals surface area contributed by atoms with Crippen LogP contribution in [-0.2, 0) is 12.4 Å². The van der Waals surface area contributed by atoms with E-state index in [1.165, 1.54) is 25.9 Å². The predicted octanol–water partition coefficient (Wildman–Crippen LogP) is 2.51. The largest absolute Gasteiger partial charge is 0.327 e. The fraction of sp³-hybridized carbons (Fsp3) is 0.571. The number of rotatable bonds is 3. The molecule has 1 aliphatic rings. The fourth-order valence-corrected chi connectivity index (χ4v) is 3.04. The minimum atomic E-state index is 0.460. The van der Waals surface area contributed by atoms with Gasteiger partial charge in [0.25, 0.3) is 0 Å². The smallest absolute Gasteiger partial charge is 0.124 e. The molecule has 0 amide bonds. The van der Waals surface area contributed by atoms with Gasteiger partial charge < -0.3 is 9.47 Å². The summed E-state index contributed by atoms with van der Waals surface area (Å²) in [7, 11) is 2.19. The lowest BCUT2D eigenvalue weighted by molar-refractivity contribution is 0.205. The molecule has 2 aromatic heterocycles. The maximum atomic E-state index is 6.03. The Morgan fingerprint density at radius 1 is 1.37 bits per heavy atom. The summed E-state index contributed by atoms with van der Waals surface area (Å²) in [5, 5.41) is 0. The second-order valence-electron chi connectivity index (χ2n) is 5.38. The molecule has 0 N–H and O–H groups in total. The Labute approximate surface area is 118 Å². The van der Waals surface area contributed by atoms with Gasteiger partial charge in [0.05, 0.1) is 17.6 Å². The Bertz CT molecular complexity index is 558. The molecule has 1 fully saturated rings. The Balaban J connectivity index is 1.87. The number of likely N-dealkylation sites (tertiary alicyclic amines) is 1. The normalized spacial score (nSPS) is 18.2. The van der Waals surface area contributed by atoms with E-state index in [0.29, 0.717) is 5.88 Å². The maximum absolute atomic E-state index is 6.03. The standard InChI is InChI=1S/C14H19ClN4/c1-18-6-3-11(4-7-18)10-19-13-2-5-16-9-12(13)17-14(19)8-15/h2,5,9,11H,3-4,6-8,10H2,1H3. The maximum Gasteiger partial charge on any atom is 0.124 e. The SMILES string of the molecule is CN1CCC(Cn2c(CCl)nc3cnccc32)CC1. The first-order valence-electron chi connectivity index (χ1n) is 6.81. The fourth-order valence-electron chi connectivity index (χ4n) is 2.84. The number of hydrogen-bond acceptors (Lipinski definition) is 3. The third-order valence-corrected chi connectivity index (χ3v) is 4.27. The highest BCUT2D eigenvalue weighted by Gasteiger charge is 2.19. The number of pyridine rings is 1. The van der Waals surface area contributed by atoms with E-state index in [-0.39, 0.29) is 0 Å². The van der Waals surface area contributed by atoms with Crippen LogP contribution in [-0.4, -0.2) is 39.6 Å². The minimum absolute atomic E-state index is 0.460. The van der Waals surface area contributed by atoms with Gasteiger partial charge in [-0.3, -0.25) is 4.98 Å². The van der Waals surface area contributed by atoms with E-state index in [0.717, 1.165) is 29.3 Å². The van der Waals surface area contributed by atoms with Gasteiger partial charge in [-0.15, -0.1) is 11.6 Å². The van der Waals surface area contributed by atoms with Crippen molar-refractivity contribution < 1.29 is 0 Å². The summed E-state index contributed by atoms with van der Waals surface area (Å²) in [6.45, 7) is 3.40. The van der Waals surface area contributed by atoms with Gasteiger partial charge in [0.1, 0.15) is 11.3 Å². The van der Waals surface area contributed by atoms with Crippen LogP contribution in [0.2, 0.25) is 0 Å². The van der Waals surface area contributed by atoms with Crippen LogP contribution < -0.4 is 0 Å². The molecule has 0 saturated carbocycles. The van der Waals surface area contributed by atoms with E-state index >= 15 is 0 Å². The van der Waals surface area contributed by atoms with Gasteiger partial charge in [-0.25, -0.2) is 4.98 Å². The van der Waals surface area contributed by atoms with Gasteiger partial charge in [-0.2, -0.15) is 0 Å². The molecule has 3 rings (SSSR count). The third-order valence-electron chi connectivity index (χ3n) is 4.03. The van der Waals surface area contributed by atoms with Crippen molar-refractivity contribution in [3.05, 3.63) is 24.3 Å². The third kappa shape index (κ3) is 2.60. The van der Waals surface area contributed by atoms with Gasteiger partial charge in [0, 0.05) is 12.7 Å². The Morgan fingerprint density at radius 3 is 2.89 bits per heavy atom. The first-order valence-corrected chi connectivity index (χ1v) is 7.35. The zero-order valence-electron chi connectivity index (χ0n) is 11.2. The van der Waals surface area contributed by atoms with Gasteiger partial charge in [0.2, 0.25) is 0 Å². The summed E-state index contributed by atoms with van der Waals surface area (Å²) in [6, 6.07) is 2.04. The van der Waals surface area contributed by atoms with E-state index < -0.39 is 0 Å².